The largest absolute Gasteiger partial charge is 0.444 e. The number of aliphatic imine (C=N–C) groups is 1. The van der Waals surface area contributed by atoms with Crippen LogP contribution in [0.25, 0.3) is 0 Å². The number of carbonyl (C=O) groups is 3. The Balaban J connectivity index is 1.31. The van der Waals surface area contributed by atoms with Gasteiger partial charge in [-0.25, -0.2) is 9.59 Å². The molecule has 184 valence electrons. The quantitative estimate of drug-likeness (QED) is 0.228. The van der Waals surface area contributed by atoms with Crippen molar-refractivity contribution in [3.05, 3.63) is 39.9 Å². The van der Waals surface area contributed by atoms with Gasteiger partial charge in [0.1, 0.15) is 6.61 Å². The van der Waals surface area contributed by atoms with Crippen molar-refractivity contribution >= 4 is 29.7 Å². The molecule has 34 heavy (non-hydrogen) atoms. The fraction of sp³-hybridized carbons (Fsp3) is 0.524. The minimum Gasteiger partial charge on any atom is -0.444 e. The molecule has 1 aromatic carbocycles. The maximum atomic E-state index is 12.4. The Morgan fingerprint density at radius 1 is 1.15 bits per heavy atom. The Kier molecular flexibility index (Phi) is 8.60. The van der Waals surface area contributed by atoms with Gasteiger partial charge < -0.3 is 25.6 Å². The number of benzene rings is 1. The van der Waals surface area contributed by atoms with Crippen molar-refractivity contribution in [2.75, 3.05) is 32.7 Å². The lowest BCUT2D eigenvalue weighted by Crippen LogP contribution is -2.43. The molecule has 13 heteroatoms. The predicted octanol–water partition coefficient (Wildman–Crippen LogP) is 0.932. The average Bonchev–Trinajstić information content (AvgIpc) is 3.50. The Labute approximate surface area is 196 Å². The van der Waals surface area contributed by atoms with Gasteiger partial charge >= 0.3 is 12.1 Å². The maximum Gasteiger partial charge on any atom is 0.414 e. The van der Waals surface area contributed by atoms with Crippen LogP contribution < -0.4 is 16.4 Å². The molecule has 0 unspecified atom stereocenters. The summed E-state index contributed by atoms with van der Waals surface area (Å²) in [7, 11) is 0. The van der Waals surface area contributed by atoms with Crippen molar-refractivity contribution in [2.24, 2.45) is 10.7 Å². The number of ether oxygens (including phenoxy) is 1. The first kappa shape index (κ1) is 24.7. The summed E-state index contributed by atoms with van der Waals surface area (Å²) in [6.07, 6.45) is 2.03. The lowest BCUT2D eigenvalue weighted by Gasteiger charge is -2.24. The number of carbonyl (C=O) groups excluding carboxylic acids is 3. The summed E-state index contributed by atoms with van der Waals surface area (Å²) < 4.78 is 4.99. The number of rotatable bonds is 7. The molecule has 13 nitrogen and oxygen atoms in total. The zero-order valence-corrected chi connectivity index (χ0v) is 18.8. The average molecular weight is 476 g/mol. The van der Waals surface area contributed by atoms with E-state index < -0.39 is 11.0 Å². The summed E-state index contributed by atoms with van der Waals surface area (Å²) in [5, 5.41) is 15.8. The molecule has 2 fully saturated rings. The zero-order chi connectivity index (χ0) is 24.5. The summed E-state index contributed by atoms with van der Waals surface area (Å²) in [5.74, 6) is -0.400. The SMILES string of the molecule is NC(=NCCC(=O)N[C@H]1CCN(C(=O)N2CCCC2)C1)NC(=O)OCc1ccc([N+](=O)[O-])cc1. The molecule has 2 aliphatic rings. The number of nitro benzene ring substituents is 1. The molecule has 0 bridgehead atoms. The molecule has 2 aliphatic heterocycles. The van der Waals surface area contributed by atoms with Crippen LogP contribution in [0.4, 0.5) is 15.3 Å². The fourth-order valence-electron chi connectivity index (χ4n) is 3.78. The molecule has 0 saturated carbocycles. The number of hydrogen-bond acceptors (Lipinski definition) is 7. The number of non-ortho nitro benzene ring substituents is 1. The Hall–Kier alpha value is -3.90. The lowest BCUT2D eigenvalue weighted by molar-refractivity contribution is -0.384. The van der Waals surface area contributed by atoms with Crippen molar-refractivity contribution in [1.82, 2.24) is 20.4 Å². The van der Waals surface area contributed by atoms with Crippen molar-refractivity contribution in [3.63, 3.8) is 0 Å². The summed E-state index contributed by atoms with van der Waals surface area (Å²) in [6.45, 7) is 2.68. The monoisotopic (exact) mass is 475 g/mol. The highest BCUT2D eigenvalue weighted by molar-refractivity contribution is 5.93. The standard InChI is InChI=1S/C21H29N7O6/c22-19(25-20(30)34-14-15-3-5-17(6-4-15)28(32)33)23-9-7-18(29)24-16-8-12-27(13-16)21(31)26-10-1-2-11-26/h3-6,16H,1-2,7-14H2,(H,24,29)(H3,22,23,25,30)/t16-/m0/s1. The Morgan fingerprint density at radius 3 is 2.53 bits per heavy atom. The van der Waals surface area contributed by atoms with E-state index in [-0.39, 0.29) is 49.2 Å². The number of nitrogens with one attached hydrogen (secondary N) is 2. The molecule has 1 atom stereocenters. The topological polar surface area (TPSA) is 172 Å². The van der Waals surface area contributed by atoms with Crippen molar-refractivity contribution in [1.29, 1.82) is 0 Å². The van der Waals surface area contributed by atoms with Crippen LogP contribution >= 0.6 is 0 Å². The Morgan fingerprint density at radius 2 is 1.85 bits per heavy atom. The number of hydrogen-bond donors (Lipinski definition) is 3. The van der Waals surface area contributed by atoms with Gasteiger partial charge in [0.15, 0.2) is 5.96 Å². The molecule has 4 N–H and O–H groups in total. The van der Waals surface area contributed by atoms with E-state index in [1.807, 2.05) is 4.90 Å². The third kappa shape index (κ3) is 7.32. The fourth-order valence-corrected chi connectivity index (χ4v) is 3.78. The van der Waals surface area contributed by atoms with Crippen LogP contribution in [0.1, 0.15) is 31.2 Å². The van der Waals surface area contributed by atoms with E-state index in [2.05, 4.69) is 15.6 Å². The number of amides is 4. The molecule has 4 amide bonds. The van der Waals surface area contributed by atoms with Gasteiger partial charge in [0.2, 0.25) is 5.91 Å². The number of nitrogens with zero attached hydrogens (tertiary/aromatic N) is 4. The van der Waals surface area contributed by atoms with Crippen LogP contribution in [0, 0.1) is 10.1 Å². The zero-order valence-electron chi connectivity index (χ0n) is 18.8. The first-order valence-corrected chi connectivity index (χ1v) is 11.1. The number of guanidine groups is 1. The minimum absolute atomic E-state index is 0.0400. The molecule has 1 aromatic rings. The highest BCUT2D eigenvalue weighted by Crippen LogP contribution is 2.16. The lowest BCUT2D eigenvalue weighted by atomic mass is 10.2. The smallest absolute Gasteiger partial charge is 0.414 e. The first-order chi connectivity index (χ1) is 16.3. The molecule has 0 radical (unpaired) electrons. The van der Waals surface area contributed by atoms with Gasteiger partial charge in [0, 0.05) is 50.8 Å². The second kappa shape index (κ2) is 11.8. The van der Waals surface area contributed by atoms with Gasteiger partial charge in [-0.3, -0.25) is 25.2 Å². The van der Waals surface area contributed by atoms with Gasteiger partial charge in [-0.15, -0.1) is 0 Å². The molecule has 0 spiro atoms. The highest BCUT2D eigenvalue weighted by Gasteiger charge is 2.31. The molecule has 3 rings (SSSR count). The van der Waals surface area contributed by atoms with E-state index in [0.717, 1.165) is 25.9 Å². The maximum absolute atomic E-state index is 12.4. The van der Waals surface area contributed by atoms with Crippen LogP contribution in [-0.2, 0) is 16.1 Å². The molecular formula is C21H29N7O6. The number of nitro groups is 1. The van der Waals surface area contributed by atoms with Crippen molar-refractivity contribution in [2.45, 2.75) is 38.3 Å². The van der Waals surface area contributed by atoms with Gasteiger partial charge in [0.25, 0.3) is 5.69 Å². The van der Waals surface area contributed by atoms with Gasteiger partial charge in [-0.2, -0.15) is 0 Å². The van der Waals surface area contributed by atoms with E-state index in [4.69, 9.17) is 10.5 Å². The second-order valence-corrected chi connectivity index (χ2v) is 8.12. The molecule has 0 aromatic heterocycles. The van der Waals surface area contributed by atoms with Gasteiger partial charge in [0.05, 0.1) is 11.5 Å². The molecule has 2 saturated heterocycles. The predicted molar refractivity (Wildman–Crippen MR) is 122 cm³/mol. The molecular weight excluding hydrogens is 446 g/mol. The van der Waals surface area contributed by atoms with E-state index in [0.29, 0.717) is 25.1 Å². The highest BCUT2D eigenvalue weighted by atomic mass is 16.6. The first-order valence-electron chi connectivity index (χ1n) is 11.1. The van der Waals surface area contributed by atoms with Crippen LogP contribution in [0.3, 0.4) is 0 Å². The van der Waals surface area contributed by atoms with Crippen LogP contribution in [0.15, 0.2) is 29.3 Å². The van der Waals surface area contributed by atoms with E-state index >= 15 is 0 Å². The van der Waals surface area contributed by atoms with Gasteiger partial charge in [-0.05, 0) is 37.0 Å². The van der Waals surface area contributed by atoms with Crippen molar-refractivity contribution in [3.8, 4) is 0 Å². The van der Waals surface area contributed by atoms with Gasteiger partial charge in [-0.1, -0.05) is 0 Å². The third-order valence-electron chi connectivity index (χ3n) is 5.57. The summed E-state index contributed by atoms with van der Waals surface area (Å²) >= 11 is 0. The number of urea groups is 1. The number of alkyl carbamates (subject to hydrolysis) is 1. The van der Waals surface area contributed by atoms with Crippen LogP contribution in [0.5, 0.6) is 0 Å². The normalized spacial score (nSPS) is 18.0. The van der Waals surface area contributed by atoms with Crippen molar-refractivity contribution < 1.29 is 24.0 Å². The Bertz CT molecular complexity index is 930. The summed E-state index contributed by atoms with van der Waals surface area (Å²) in [5.41, 5.74) is 6.15. The van der Waals surface area contributed by atoms with Crippen LogP contribution in [0.2, 0.25) is 0 Å². The molecule has 2 heterocycles. The second-order valence-electron chi connectivity index (χ2n) is 8.12. The van der Waals surface area contributed by atoms with E-state index in [1.54, 1.807) is 4.90 Å². The van der Waals surface area contributed by atoms with E-state index in [9.17, 15) is 24.5 Å². The summed E-state index contributed by atoms with van der Waals surface area (Å²) in [6, 6.07) is 5.53. The van der Waals surface area contributed by atoms with E-state index in [1.165, 1.54) is 24.3 Å². The number of nitrogens with two attached hydrogens (primary N) is 1. The minimum atomic E-state index is -0.835. The molecule has 0 aliphatic carbocycles. The third-order valence-corrected chi connectivity index (χ3v) is 5.57. The van der Waals surface area contributed by atoms with Crippen LogP contribution in [-0.4, -0.2) is 77.5 Å². The summed E-state index contributed by atoms with van der Waals surface area (Å²) in [4.78, 5) is 54.1. The number of likely N-dealkylation sites (tertiary alicyclic amines) is 2.